The fourth-order valence-electron chi connectivity index (χ4n) is 4.73. The minimum atomic E-state index is -0.839. The van der Waals surface area contributed by atoms with E-state index in [9.17, 15) is 14.4 Å². The molecule has 8 heteroatoms. The van der Waals surface area contributed by atoms with Gasteiger partial charge in [0.1, 0.15) is 0 Å². The average Bonchev–Trinajstić information content (AvgIpc) is 3.25. The molecule has 2 saturated heterocycles. The zero-order valence-corrected chi connectivity index (χ0v) is 20.6. The van der Waals surface area contributed by atoms with Gasteiger partial charge >= 0.3 is 6.09 Å². The molecule has 37 heavy (non-hydrogen) atoms. The molecule has 1 N–H and O–H groups in total. The number of nitrogens with zero attached hydrogens (tertiary/aromatic N) is 2. The van der Waals surface area contributed by atoms with Crippen LogP contribution in [0.5, 0.6) is 0 Å². The molecular formula is C29H29N3O5. The van der Waals surface area contributed by atoms with Gasteiger partial charge in [0, 0.05) is 24.3 Å². The van der Waals surface area contributed by atoms with Gasteiger partial charge in [0.05, 0.1) is 19.8 Å². The van der Waals surface area contributed by atoms with Crippen molar-refractivity contribution < 1.29 is 23.9 Å². The van der Waals surface area contributed by atoms with Crippen LogP contribution < -0.4 is 5.32 Å². The number of benzene rings is 3. The summed E-state index contributed by atoms with van der Waals surface area (Å²) in [4.78, 5) is 42.8. The van der Waals surface area contributed by atoms with E-state index in [0.717, 1.165) is 11.1 Å². The van der Waals surface area contributed by atoms with Gasteiger partial charge < -0.3 is 19.7 Å². The number of cyclic esters (lactones) is 1. The maximum Gasteiger partial charge on any atom is 0.411 e. The predicted octanol–water partition coefficient (Wildman–Crippen LogP) is 4.17. The minimum Gasteiger partial charge on any atom is -0.438 e. The molecule has 2 aliphatic heterocycles. The maximum absolute atomic E-state index is 13.7. The van der Waals surface area contributed by atoms with Crippen molar-refractivity contribution in [1.82, 2.24) is 9.80 Å². The van der Waals surface area contributed by atoms with E-state index >= 15 is 0 Å². The van der Waals surface area contributed by atoms with Gasteiger partial charge in [-0.2, -0.15) is 0 Å². The van der Waals surface area contributed by atoms with Crippen LogP contribution in [0.1, 0.15) is 33.2 Å². The van der Waals surface area contributed by atoms with Gasteiger partial charge in [-0.1, -0.05) is 60.2 Å². The van der Waals surface area contributed by atoms with E-state index in [1.165, 1.54) is 4.90 Å². The third kappa shape index (κ3) is 5.49. The normalized spacial score (nSPS) is 19.4. The van der Waals surface area contributed by atoms with Crippen molar-refractivity contribution in [3.63, 3.8) is 0 Å². The average molecular weight is 500 g/mol. The lowest BCUT2D eigenvalue weighted by molar-refractivity contribution is -0.141. The van der Waals surface area contributed by atoms with Crippen LogP contribution in [0.25, 0.3) is 0 Å². The van der Waals surface area contributed by atoms with Crippen molar-refractivity contribution in [3.05, 3.63) is 101 Å². The molecule has 0 radical (unpaired) electrons. The number of carbonyl (C=O) groups excluding carboxylic acids is 3. The van der Waals surface area contributed by atoms with Gasteiger partial charge in [0.2, 0.25) is 5.91 Å². The highest BCUT2D eigenvalue weighted by Crippen LogP contribution is 2.36. The highest BCUT2D eigenvalue weighted by molar-refractivity contribution is 6.04. The number of hydrogen-bond donors (Lipinski definition) is 1. The van der Waals surface area contributed by atoms with E-state index in [0.29, 0.717) is 43.1 Å². The molecular weight excluding hydrogens is 470 g/mol. The van der Waals surface area contributed by atoms with E-state index in [4.69, 9.17) is 9.47 Å². The molecule has 8 nitrogen and oxygen atoms in total. The molecule has 2 heterocycles. The second-order valence-corrected chi connectivity index (χ2v) is 9.25. The molecule has 0 spiro atoms. The summed E-state index contributed by atoms with van der Waals surface area (Å²) >= 11 is 0. The van der Waals surface area contributed by atoms with Gasteiger partial charge in [-0.15, -0.1) is 0 Å². The first kappa shape index (κ1) is 24.5. The van der Waals surface area contributed by atoms with Gasteiger partial charge in [0.25, 0.3) is 5.91 Å². The maximum atomic E-state index is 13.7. The Kier molecular flexibility index (Phi) is 7.18. The lowest BCUT2D eigenvalue weighted by Crippen LogP contribution is -2.51. The topological polar surface area (TPSA) is 88.2 Å². The monoisotopic (exact) mass is 499 g/mol. The fourth-order valence-corrected chi connectivity index (χ4v) is 4.73. The molecule has 190 valence electrons. The fraction of sp³-hybridized carbons (Fsp3) is 0.276. The second kappa shape index (κ2) is 10.8. The highest BCUT2D eigenvalue weighted by atomic mass is 16.6. The van der Waals surface area contributed by atoms with Crippen LogP contribution in [0.3, 0.4) is 0 Å². The Labute approximate surface area is 215 Å². The molecule has 0 aromatic heterocycles. The number of amides is 3. The van der Waals surface area contributed by atoms with Crippen molar-refractivity contribution in [2.24, 2.45) is 0 Å². The third-order valence-corrected chi connectivity index (χ3v) is 6.61. The minimum absolute atomic E-state index is 0.177. The zero-order chi connectivity index (χ0) is 25.8. The number of rotatable bonds is 6. The van der Waals surface area contributed by atoms with Gasteiger partial charge in [-0.25, -0.2) is 4.79 Å². The van der Waals surface area contributed by atoms with Gasteiger partial charge in [0.15, 0.2) is 12.1 Å². The Morgan fingerprint density at radius 3 is 2.46 bits per heavy atom. The first-order valence-corrected chi connectivity index (χ1v) is 12.4. The van der Waals surface area contributed by atoms with Crippen molar-refractivity contribution in [2.45, 2.75) is 25.6 Å². The van der Waals surface area contributed by atoms with Crippen LogP contribution >= 0.6 is 0 Å². The van der Waals surface area contributed by atoms with E-state index in [2.05, 4.69) is 5.32 Å². The van der Waals surface area contributed by atoms with Crippen molar-refractivity contribution in [2.75, 3.05) is 31.6 Å². The van der Waals surface area contributed by atoms with Crippen LogP contribution in [0.2, 0.25) is 0 Å². The number of aryl methyl sites for hydroxylation is 1. The zero-order valence-electron chi connectivity index (χ0n) is 20.6. The largest absolute Gasteiger partial charge is 0.438 e. The van der Waals surface area contributed by atoms with Crippen LogP contribution in [0.4, 0.5) is 10.5 Å². The number of morpholine rings is 1. The van der Waals surface area contributed by atoms with E-state index in [-0.39, 0.29) is 18.4 Å². The van der Waals surface area contributed by atoms with E-state index < -0.39 is 18.2 Å². The molecule has 0 bridgehead atoms. The third-order valence-electron chi connectivity index (χ3n) is 6.61. The molecule has 3 aromatic carbocycles. The Morgan fingerprint density at radius 1 is 0.946 bits per heavy atom. The Balaban J connectivity index is 1.43. The van der Waals surface area contributed by atoms with Gasteiger partial charge in [-0.05, 0) is 42.3 Å². The first-order chi connectivity index (χ1) is 18.0. The predicted molar refractivity (Wildman–Crippen MR) is 138 cm³/mol. The Morgan fingerprint density at radius 2 is 1.70 bits per heavy atom. The summed E-state index contributed by atoms with van der Waals surface area (Å²) < 4.78 is 11.2. The smallest absolute Gasteiger partial charge is 0.411 e. The van der Waals surface area contributed by atoms with E-state index in [1.54, 1.807) is 29.2 Å². The quantitative estimate of drug-likeness (QED) is 0.550. The van der Waals surface area contributed by atoms with Crippen molar-refractivity contribution >= 4 is 23.6 Å². The van der Waals surface area contributed by atoms with Crippen LogP contribution in [-0.2, 0) is 20.8 Å². The van der Waals surface area contributed by atoms with Crippen molar-refractivity contribution in [3.8, 4) is 0 Å². The number of hydrogen-bond acceptors (Lipinski definition) is 5. The summed E-state index contributed by atoms with van der Waals surface area (Å²) in [6.07, 6.45) is -1.36. The molecule has 2 atom stereocenters. The number of ether oxygens (including phenoxy) is 2. The number of carbonyl (C=O) groups is 3. The Hall–Kier alpha value is -4.17. The molecule has 5 rings (SSSR count). The first-order valence-electron chi connectivity index (χ1n) is 12.4. The Bertz CT molecular complexity index is 1290. The lowest BCUT2D eigenvalue weighted by atomic mass is 9.99. The molecule has 2 aliphatic rings. The molecule has 3 amide bonds. The summed E-state index contributed by atoms with van der Waals surface area (Å²) in [6.45, 7) is 4.01. The molecule has 3 aromatic rings. The van der Waals surface area contributed by atoms with E-state index in [1.807, 2.05) is 61.5 Å². The summed E-state index contributed by atoms with van der Waals surface area (Å²) in [5.41, 5.74) is 3.63. The molecule has 0 aliphatic carbocycles. The van der Waals surface area contributed by atoms with Crippen LogP contribution in [0.15, 0.2) is 78.9 Å². The summed E-state index contributed by atoms with van der Waals surface area (Å²) in [5, 5.41) is 2.91. The molecule has 2 fully saturated rings. The molecule has 0 unspecified atom stereocenters. The lowest BCUT2D eigenvalue weighted by Gasteiger charge is -2.33. The molecule has 0 saturated carbocycles. The standard InChI is InChI=1S/C29H29N3O5/c1-20-7-5-11-23(17-20)27(33)30-24-12-6-10-22(18-24)26-25(28(34)31-13-15-36-16-14-31)32(29(35)37-26)19-21-8-3-2-4-9-21/h2-12,17-18,25-26H,13-16,19H2,1H3,(H,30,33)/t25-,26+/m1/s1. The number of nitrogens with one attached hydrogen (secondary N) is 1. The number of anilines is 1. The summed E-state index contributed by atoms with van der Waals surface area (Å²) in [6, 6.07) is 23.1. The summed E-state index contributed by atoms with van der Waals surface area (Å²) in [5.74, 6) is -0.416. The highest BCUT2D eigenvalue weighted by Gasteiger charge is 2.48. The van der Waals surface area contributed by atoms with Crippen LogP contribution in [-0.4, -0.2) is 60.1 Å². The van der Waals surface area contributed by atoms with Crippen LogP contribution in [0, 0.1) is 6.92 Å². The second-order valence-electron chi connectivity index (χ2n) is 9.25. The SMILES string of the molecule is Cc1cccc(C(=O)Nc2cccc([C@@H]3OC(=O)N(Cc4ccccc4)[C@H]3C(=O)N3CCOCC3)c2)c1. The summed E-state index contributed by atoms with van der Waals surface area (Å²) in [7, 11) is 0. The van der Waals surface area contributed by atoms with Crippen molar-refractivity contribution in [1.29, 1.82) is 0 Å². The van der Waals surface area contributed by atoms with Gasteiger partial charge in [-0.3, -0.25) is 14.5 Å².